The van der Waals surface area contributed by atoms with Crippen LogP contribution in [0.4, 0.5) is 4.39 Å². The maximum absolute atomic E-state index is 14.2. The average Bonchev–Trinajstić information content (AvgIpc) is 2.74. The van der Waals surface area contributed by atoms with E-state index in [1.165, 1.54) is 6.07 Å². The number of methoxy groups -OCH3 is 1. The molecule has 0 spiro atoms. The summed E-state index contributed by atoms with van der Waals surface area (Å²) in [6.07, 6.45) is 0. The van der Waals surface area contributed by atoms with Crippen LogP contribution >= 0.6 is 0 Å². The lowest BCUT2D eigenvalue weighted by molar-refractivity contribution is 0.420. The Morgan fingerprint density at radius 1 is 1.05 bits per heavy atom. The summed E-state index contributed by atoms with van der Waals surface area (Å²) < 4.78 is 21.1. The van der Waals surface area contributed by atoms with E-state index in [0.717, 1.165) is 22.2 Å². The smallest absolute Gasteiger partial charge is 0.199 e. The molecular formula is C16H14FNO. The molecule has 0 aliphatic heterocycles. The van der Waals surface area contributed by atoms with Gasteiger partial charge in [0.2, 0.25) is 0 Å². The monoisotopic (exact) mass is 255 g/mol. The van der Waals surface area contributed by atoms with E-state index < -0.39 is 0 Å². The fourth-order valence-electron chi connectivity index (χ4n) is 2.38. The van der Waals surface area contributed by atoms with E-state index in [4.69, 9.17) is 4.74 Å². The van der Waals surface area contributed by atoms with E-state index in [2.05, 4.69) is 0 Å². The van der Waals surface area contributed by atoms with Crippen molar-refractivity contribution in [2.24, 2.45) is 0 Å². The van der Waals surface area contributed by atoms with Gasteiger partial charge in [0.15, 0.2) is 5.95 Å². The van der Waals surface area contributed by atoms with Crippen LogP contribution in [0.2, 0.25) is 0 Å². The minimum absolute atomic E-state index is 0.287. The predicted octanol–water partition coefficient (Wildman–Crippen LogP) is 4.09. The lowest BCUT2D eigenvalue weighted by Gasteiger charge is -2.08. The Balaban J connectivity index is 2.32. The highest BCUT2D eigenvalue weighted by molar-refractivity contribution is 5.88. The Kier molecular flexibility index (Phi) is 2.75. The van der Waals surface area contributed by atoms with Gasteiger partial charge in [-0.05, 0) is 36.8 Å². The number of benzene rings is 2. The summed E-state index contributed by atoms with van der Waals surface area (Å²) in [4.78, 5) is 0. The Morgan fingerprint density at radius 3 is 2.58 bits per heavy atom. The Hall–Kier alpha value is -2.29. The van der Waals surface area contributed by atoms with E-state index in [-0.39, 0.29) is 5.95 Å². The van der Waals surface area contributed by atoms with Crippen molar-refractivity contribution in [2.45, 2.75) is 6.92 Å². The van der Waals surface area contributed by atoms with E-state index in [1.54, 1.807) is 11.7 Å². The molecule has 0 saturated heterocycles. The molecule has 0 radical (unpaired) electrons. The first-order chi connectivity index (χ1) is 9.20. The van der Waals surface area contributed by atoms with Crippen LogP contribution < -0.4 is 4.74 Å². The molecule has 0 unspecified atom stereocenters. The highest BCUT2D eigenvalue weighted by atomic mass is 19.1. The molecule has 1 heterocycles. The highest BCUT2D eigenvalue weighted by Gasteiger charge is 2.13. The van der Waals surface area contributed by atoms with Crippen molar-refractivity contribution < 1.29 is 9.13 Å². The summed E-state index contributed by atoms with van der Waals surface area (Å²) in [7, 11) is 1.59. The van der Waals surface area contributed by atoms with Crippen molar-refractivity contribution in [1.82, 2.24) is 4.57 Å². The maximum atomic E-state index is 14.2. The van der Waals surface area contributed by atoms with E-state index >= 15 is 0 Å². The van der Waals surface area contributed by atoms with Gasteiger partial charge in [0.1, 0.15) is 5.75 Å². The summed E-state index contributed by atoms with van der Waals surface area (Å²) in [6.45, 7) is 1.99. The van der Waals surface area contributed by atoms with Crippen LogP contribution in [0.3, 0.4) is 0 Å². The normalized spacial score (nSPS) is 10.9. The van der Waals surface area contributed by atoms with Crippen LogP contribution in [0.25, 0.3) is 16.6 Å². The summed E-state index contributed by atoms with van der Waals surface area (Å²) in [5.74, 6) is 0.396. The van der Waals surface area contributed by atoms with Gasteiger partial charge < -0.3 is 4.74 Å². The van der Waals surface area contributed by atoms with Gasteiger partial charge >= 0.3 is 0 Å². The first kappa shape index (κ1) is 11.8. The molecule has 0 bridgehead atoms. The number of hydrogen-bond acceptors (Lipinski definition) is 1. The van der Waals surface area contributed by atoms with Crippen molar-refractivity contribution in [3.05, 3.63) is 60.0 Å². The molecule has 0 aliphatic rings. The molecular weight excluding hydrogens is 241 g/mol. The number of halogens is 1. The lowest BCUT2D eigenvalue weighted by Crippen LogP contribution is -1.97. The number of rotatable bonds is 2. The molecule has 0 saturated carbocycles. The minimum Gasteiger partial charge on any atom is -0.496 e. The molecule has 0 fully saturated rings. The van der Waals surface area contributed by atoms with Crippen LogP contribution in [0.15, 0.2) is 48.5 Å². The summed E-state index contributed by atoms with van der Waals surface area (Å²) in [6, 6.07) is 14.9. The molecule has 2 nitrogen and oxygen atoms in total. The Morgan fingerprint density at radius 2 is 1.84 bits per heavy atom. The van der Waals surface area contributed by atoms with Gasteiger partial charge in [0.25, 0.3) is 0 Å². The molecule has 0 amide bonds. The third kappa shape index (κ3) is 1.87. The summed E-state index contributed by atoms with van der Waals surface area (Å²) in [5.41, 5.74) is 2.73. The second kappa shape index (κ2) is 4.43. The molecule has 3 rings (SSSR count). The first-order valence-corrected chi connectivity index (χ1v) is 6.11. The van der Waals surface area contributed by atoms with Crippen molar-refractivity contribution >= 4 is 10.9 Å². The van der Waals surface area contributed by atoms with Crippen molar-refractivity contribution in [3.8, 4) is 11.4 Å². The van der Waals surface area contributed by atoms with Gasteiger partial charge in [0, 0.05) is 17.1 Å². The second-order valence-corrected chi connectivity index (χ2v) is 4.53. The van der Waals surface area contributed by atoms with Gasteiger partial charge in [-0.25, -0.2) is 0 Å². The number of fused-ring (bicyclic) bond motifs is 1. The van der Waals surface area contributed by atoms with Gasteiger partial charge in [-0.1, -0.05) is 18.2 Å². The number of aromatic nitrogens is 1. The van der Waals surface area contributed by atoms with Crippen LogP contribution in [-0.4, -0.2) is 11.7 Å². The fraction of sp³-hybridized carbons (Fsp3) is 0.125. The molecule has 96 valence electrons. The number of ether oxygens (including phenoxy) is 1. The lowest BCUT2D eigenvalue weighted by atomic mass is 10.2. The van der Waals surface area contributed by atoms with E-state index in [0.29, 0.717) is 5.75 Å². The average molecular weight is 255 g/mol. The zero-order chi connectivity index (χ0) is 13.4. The van der Waals surface area contributed by atoms with Crippen molar-refractivity contribution in [3.63, 3.8) is 0 Å². The summed E-state index contributed by atoms with van der Waals surface area (Å²) in [5, 5.41) is 0.781. The number of nitrogens with zero attached hydrogens (tertiary/aromatic N) is 1. The van der Waals surface area contributed by atoms with E-state index in [1.807, 2.05) is 49.4 Å². The maximum Gasteiger partial charge on any atom is 0.199 e. The molecule has 0 atom stereocenters. The largest absolute Gasteiger partial charge is 0.496 e. The Bertz CT molecular complexity index is 746. The molecule has 3 heteroatoms. The third-order valence-electron chi connectivity index (χ3n) is 3.24. The number of aryl methyl sites for hydroxylation is 1. The molecule has 0 N–H and O–H groups in total. The summed E-state index contributed by atoms with van der Waals surface area (Å²) >= 11 is 0. The van der Waals surface area contributed by atoms with Gasteiger partial charge in [0.05, 0.1) is 12.6 Å². The van der Waals surface area contributed by atoms with Gasteiger partial charge in [-0.15, -0.1) is 0 Å². The molecule has 2 aromatic carbocycles. The van der Waals surface area contributed by atoms with E-state index in [9.17, 15) is 4.39 Å². The Labute approximate surface area is 111 Å². The third-order valence-corrected chi connectivity index (χ3v) is 3.24. The quantitative estimate of drug-likeness (QED) is 0.672. The predicted molar refractivity (Wildman–Crippen MR) is 74.5 cm³/mol. The van der Waals surface area contributed by atoms with Gasteiger partial charge in [-0.2, -0.15) is 4.39 Å². The van der Waals surface area contributed by atoms with Crippen LogP contribution in [0.1, 0.15) is 5.56 Å². The van der Waals surface area contributed by atoms with Gasteiger partial charge in [-0.3, -0.25) is 4.57 Å². The molecule has 0 aliphatic carbocycles. The molecule has 19 heavy (non-hydrogen) atoms. The minimum atomic E-state index is -0.287. The first-order valence-electron chi connectivity index (χ1n) is 6.11. The zero-order valence-electron chi connectivity index (χ0n) is 10.9. The molecule has 1 aromatic heterocycles. The zero-order valence-corrected chi connectivity index (χ0v) is 10.9. The standard InChI is InChI=1S/C16H14FNO/c1-11-5-3-6-12(9-11)18-14-7-4-8-15(19-2)13(14)10-16(18)17/h3-10H,1-2H3. The van der Waals surface area contributed by atoms with Crippen LogP contribution in [0, 0.1) is 12.9 Å². The number of hydrogen-bond donors (Lipinski definition) is 0. The molecule has 3 aromatic rings. The van der Waals surface area contributed by atoms with Crippen LogP contribution in [-0.2, 0) is 0 Å². The fourth-order valence-corrected chi connectivity index (χ4v) is 2.38. The SMILES string of the molecule is COc1cccc2c1cc(F)n2-c1cccc(C)c1. The van der Waals surface area contributed by atoms with Crippen LogP contribution in [0.5, 0.6) is 5.75 Å². The second-order valence-electron chi connectivity index (χ2n) is 4.53. The topological polar surface area (TPSA) is 14.2 Å². The highest BCUT2D eigenvalue weighted by Crippen LogP contribution is 2.30. The van der Waals surface area contributed by atoms with Crippen molar-refractivity contribution in [2.75, 3.05) is 7.11 Å². The van der Waals surface area contributed by atoms with Crippen molar-refractivity contribution in [1.29, 1.82) is 0 Å².